The summed E-state index contributed by atoms with van der Waals surface area (Å²) < 4.78 is 0. The number of H-pyrrole nitrogens is 1. The third-order valence-electron chi connectivity index (χ3n) is 6.14. The standard InChI is InChI=1S/C24H35N5O7/c1-4-12(2)20(29-21(32)18(11-30)28-22(33)19(25)13(3)31)23(34)27-17(24(35)36)9-14-10-26-16-8-6-5-7-15(14)16/h5-8,10,12-13,17-20,26,30-31H,4,9,11,25H2,1-3H3,(H,27,34)(H,28,33)(H,29,32)(H,35,36). The zero-order chi connectivity index (χ0) is 27.0. The highest BCUT2D eigenvalue weighted by atomic mass is 16.4. The summed E-state index contributed by atoms with van der Waals surface area (Å²) in [5, 5.41) is 36.9. The van der Waals surface area contributed by atoms with Gasteiger partial charge < -0.3 is 42.0 Å². The first-order chi connectivity index (χ1) is 17.0. The molecule has 0 fully saturated rings. The van der Waals surface area contributed by atoms with Gasteiger partial charge in [-0.05, 0) is 24.5 Å². The summed E-state index contributed by atoms with van der Waals surface area (Å²) in [6.45, 7) is 4.02. The van der Waals surface area contributed by atoms with Gasteiger partial charge in [0.2, 0.25) is 17.7 Å². The van der Waals surface area contributed by atoms with Gasteiger partial charge >= 0.3 is 5.97 Å². The summed E-state index contributed by atoms with van der Waals surface area (Å²) in [6.07, 6.45) is 0.990. The Kier molecular flexibility index (Phi) is 10.4. The molecule has 3 amide bonds. The monoisotopic (exact) mass is 505 g/mol. The van der Waals surface area contributed by atoms with E-state index in [2.05, 4.69) is 20.9 Å². The smallest absolute Gasteiger partial charge is 0.326 e. The molecular weight excluding hydrogens is 470 g/mol. The molecule has 12 heteroatoms. The highest BCUT2D eigenvalue weighted by molar-refractivity contribution is 5.94. The summed E-state index contributed by atoms with van der Waals surface area (Å²) in [7, 11) is 0. The molecule has 0 radical (unpaired) electrons. The maximum absolute atomic E-state index is 13.1. The lowest BCUT2D eigenvalue weighted by molar-refractivity contribution is -0.142. The predicted octanol–water partition coefficient (Wildman–Crippen LogP) is -1.00. The molecule has 9 N–H and O–H groups in total. The van der Waals surface area contributed by atoms with Gasteiger partial charge in [0.1, 0.15) is 24.2 Å². The molecule has 198 valence electrons. The van der Waals surface area contributed by atoms with E-state index >= 15 is 0 Å². The van der Waals surface area contributed by atoms with E-state index in [4.69, 9.17) is 5.73 Å². The first-order valence-electron chi connectivity index (χ1n) is 11.7. The van der Waals surface area contributed by atoms with Crippen LogP contribution in [-0.4, -0.2) is 80.9 Å². The van der Waals surface area contributed by atoms with E-state index in [-0.39, 0.29) is 6.42 Å². The Hall–Kier alpha value is -3.48. The minimum atomic E-state index is -1.43. The van der Waals surface area contributed by atoms with Crippen LogP contribution in [0.2, 0.25) is 0 Å². The zero-order valence-electron chi connectivity index (χ0n) is 20.5. The number of nitrogens with one attached hydrogen (secondary N) is 4. The van der Waals surface area contributed by atoms with Crippen LogP contribution >= 0.6 is 0 Å². The fourth-order valence-corrected chi connectivity index (χ4v) is 3.62. The third-order valence-corrected chi connectivity index (χ3v) is 6.14. The Morgan fingerprint density at radius 3 is 2.22 bits per heavy atom. The number of aromatic amines is 1. The molecule has 0 bridgehead atoms. The van der Waals surface area contributed by atoms with Gasteiger partial charge in [0.15, 0.2) is 0 Å². The first kappa shape index (κ1) is 28.8. The van der Waals surface area contributed by atoms with Crippen LogP contribution in [0.15, 0.2) is 30.5 Å². The Morgan fingerprint density at radius 1 is 1.00 bits per heavy atom. The average molecular weight is 506 g/mol. The van der Waals surface area contributed by atoms with Gasteiger partial charge in [-0.15, -0.1) is 0 Å². The van der Waals surface area contributed by atoms with Crippen molar-refractivity contribution in [3.8, 4) is 0 Å². The lowest BCUT2D eigenvalue weighted by atomic mass is 9.97. The number of aliphatic hydroxyl groups is 2. The number of hydrogen-bond donors (Lipinski definition) is 8. The second-order valence-electron chi connectivity index (χ2n) is 8.84. The summed E-state index contributed by atoms with van der Waals surface area (Å²) in [6, 6.07) is 2.22. The van der Waals surface area contributed by atoms with Gasteiger partial charge in [-0.3, -0.25) is 14.4 Å². The van der Waals surface area contributed by atoms with Crippen molar-refractivity contribution >= 4 is 34.6 Å². The van der Waals surface area contributed by atoms with Crippen LogP contribution in [0.25, 0.3) is 10.9 Å². The summed E-state index contributed by atoms with van der Waals surface area (Å²) in [5.74, 6) is -4.06. The SMILES string of the molecule is CCC(C)C(NC(=O)C(CO)NC(=O)C(N)C(C)O)C(=O)NC(Cc1c[nH]c2ccccc12)C(=O)O. The summed E-state index contributed by atoms with van der Waals surface area (Å²) in [4.78, 5) is 53.0. The van der Waals surface area contributed by atoms with E-state index in [1.165, 1.54) is 6.92 Å². The number of aliphatic carboxylic acids is 1. The van der Waals surface area contributed by atoms with E-state index < -0.39 is 66.5 Å². The predicted molar refractivity (Wildman–Crippen MR) is 132 cm³/mol. The number of benzene rings is 1. The highest BCUT2D eigenvalue weighted by Gasteiger charge is 2.33. The second-order valence-corrected chi connectivity index (χ2v) is 8.84. The molecule has 2 rings (SSSR count). The number of rotatable bonds is 13. The minimum absolute atomic E-state index is 0.0127. The van der Waals surface area contributed by atoms with Crippen molar-refractivity contribution in [2.75, 3.05) is 6.61 Å². The van der Waals surface area contributed by atoms with E-state index in [0.717, 1.165) is 10.9 Å². The number of carboxylic acids is 1. The highest BCUT2D eigenvalue weighted by Crippen LogP contribution is 2.19. The van der Waals surface area contributed by atoms with Crippen molar-refractivity contribution in [3.63, 3.8) is 0 Å². The Balaban J connectivity index is 2.15. The molecule has 36 heavy (non-hydrogen) atoms. The number of para-hydroxylation sites is 1. The van der Waals surface area contributed by atoms with Gasteiger partial charge in [0.05, 0.1) is 12.7 Å². The van der Waals surface area contributed by atoms with Gasteiger partial charge in [-0.25, -0.2) is 4.79 Å². The number of carboxylic acid groups (broad SMARTS) is 1. The first-order valence-corrected chi connectivity index (χ1v) is 11.7. The minimum Gasteiger partial charge on any atom is -0.480 e. The molecular formula is C24H35N5O7. The number of aliphatic hydroxyl groups excluding tert-OH is 2. The van der Waals surface area contributed by atoms with Crippen molar-refractivity contribution in [1.82, 2.24) is 20.9 Å². The topological polar surface area (TPSA) is 207 Å². The number of nitrogens with two attached hydrogens (primary N) is 1. The van der Waals surface area contributed by atoms with Crippen LogP contribution in [0.5, 0.6) is 0 Å². The largest absolute Gasteiger partial charge is 0.480 e. The molecule has 2 aromatic rings. The Labute approximate surface area is 208 Å². The van der Waals surface area contributed by atoms with Crippen molar-refractivity contribution in [1.29, 1.82) is 0 Å². The lowest BCUT2D eigenvalue weighted by Crippen LogP contribution is -2.60. The Bertz CT molecular complexity index is 1070. The van der Waals surface area contributed by atoms with Crippen LogP contribution in [0.3, 0.4) is 0 Å². The molecule has 1 aromatic heterocycles. The van der Waals surface area contributed by atoms with Crippen molar-refractivity contribution in [2.45, 2.75) is 63.9 Å². The quantitative estimate of drug-likeness (QED) is 0.169. The summed E-state index contributed by atoms with van der Waals surface area (Å²) >= 11 is 0. The normalized spacial score (nSPS) is 16.3. The zero-order valence-corrected chi connectivity index (χ0v) is 20.5. The number of fused-ring (bicyclic) bond motifs is 1. The fraction of sp³-hybridized carbons (Fsp3) is 0.500. The molecule has 0 saturated heterocycles. The molecule has 0 saturated carbocycles. The van der Waals surface area contributed by atoms with Gasteiger partial charge in [-0.2, -0.15) is 0 Å². The van der Waals surface area contributed by atoms with Crippen LogP contribution in [-0.2, 0) is 25.6 Å². The Morgan fingerprint density at radius 2 is 1.64 bits per heavy atom. The van der Waals surface area contributed by atoms with Crippen LogP contribution in [0.4, 0.5) is 0 Å². The third kappa shape index (κ3) is 7.26. The lowest BCUT2D eigenvalue weighted by Gasteiger charge is -2.27. The number of aromatic nitrogens is 1. The summed E-state index contributed by atoms with van der Waals surface area (Å²) in [5.41, 5.74) is 7.10. The van der Waals surface area contributed by atoms with Crippen LogP contribution in [0, 0.1) is 5.92 Å². The van der Waals surface area contributed by atoms with E-state index in [1.54, 1.807) is 20.0 Å². The second kappa shape index (κ2) is 13.0. The number of hydrogen-bond acceptors (Lipinski definition) is 7. The fourth-order valence-electron chi connectivity index (χ4n) is 3.62. The van der Waals surface area contributed by atoms with Gasteiger partial charge in [0, 0.05) is 23.5 Å². The van der Waals surface area contributed by atoms with Crippen molar-refractivity contribution < 1.29 is 34.5 Å². The van der Waals surface area contributed by atoms with Crippen LogP contribution < -0.4 is 21.7 Å². The van der Waals surface area contributed by atoms with E-state index in [1.807, 2.05) is 24.3 Å². The maximum Gasteiger partial charge on any atom is 0.326 e. The van der Waals surface area contributed by atoms with E-state index in [9.17, 15) is 34.5 Å². The molecule has 1 aromatic carbocycles. The average Bonchev–Trinajstić information content (AvgIpc) is 3.26. The number of carbonyl (C=O) groups is 4. The molecule has 0 spiro atoms. The molecule has 6 atom stereocenters. The van der Waals surface area contributed by atoms with Crippen LogP contribution in [0.1, 0.15) is 32.8 Å². The van der Waals surface area contributed by atoms with Gasteiger partial charge in [0.25, 0.3) is 0 Å². The molecule has 0 aliphatic carbocycles. The van der Waals surface area contributed by atoms with Gasteiger partial charge in [-0.1, -0.05) is 38.5 Å². The number of amides is 3. The molecule has 0 aliphatic heterocycles. The van der Waals surface area contributed by atoms with Crippen molar-refractivity contribution in [2.24, 2.45) is 11.7 Å². The molecule has 0 aliphatic rings. The molecule has 6 unspecified atom stereocenters. The molecule has 12 nitrogen and oxygen atoms in total. The number of carbonyl (C=O) groups excluding carboxylic acids is 3. The van der Waals surface area contributed by atoms with E-state index in [0.29, 0.717) is 12.0 Å². The van der Waals surface area contributed by atoms with Crippen molar-refractivity contribution in [3.05, 3.63) is 36.0 Å². The maximum atomic E-state index is 13.1. The molecule has 1 heterocycles.